The number of aromatic nitrogens is 2. The first-order chi connectivity index (χ1) is 11.5. The van der Waals surface area contributed by atoms with Gasteiger partial charge in [-0.25, -0.2) is 0 Å². The Kier molecular flexibility index (Phi) is 4.55. The van der Waals surface area contributed by atoms with E-state index in [1.807, 2.05) is 19.2 Å². The van der Waals surface area contributed by atoms with Gasteiger partial charge < -0.3 is 15.2 Å². The predicted octanol–water partition coefficient (Wildman–Crippen LogP) is 3.01. The second-order valence-corrected chi connectivity index (χ2v) is 6.30. The summed E-state index contributed by atoms with van der Waals surface area (Å²) in [4.78, 5) is 9.70. The lowest BCUT2D eigenvalue weighted by atomic mass is 10.1. The van der Waals surface area contributed by atoms with Gasteiger partial charge in [0.2, 0.25) is 0 Å². The average molecular weight is 325 g/mol. The Morgan fingerprint density at radius 3 is 2.62 bits per heavy atom. The minimum Gasteiger partial charge on any atom is -0.506 e. The van der Waals surface area contributed by atoms with E-state index in [9.17, 15) is 10.2 Å². The number of benzene rings is 1. The van der Waals surface area contributed by atoms with Crippen molar-refractivity contribution in [1.29, 1.82) is 0 Å². The molecule has 3 aromatic rings. The van der Waals surface area contributed by atoms with Crippen LogP contribution < -0.4 is 0 Å². The van der Waals surface area contributed by atoms with Gasteiger partial charge in [-0.3, -0.25) is 9.88 Å². The SMILES string of the molecule is Cc1ncc(CO)c(CN(C)Cc2[nH]c3ccccc3c2C)c1O. The van der Waals surface area contributed by atoms with E-state index in [0.29, 0.717) is 17.8 Å². The van der Waals surface area contributed by atoms with Crippen molar-refractivity contribution in [2.45, 2.75) is 33.5 Å². The third-order valence-corrected chi connectivity index (χ3v) is 4.53. The molecule has 0 aliphatic rings. The maximum absolute atomic E-state index is 10.3. The third kappa shape index (κ3) is 3.00. The first-order valence-corrected chi connectivity index (χ1v) is 8.03. The first-order valence-electron chi connectivity index (χ1n) is 8.03. The summed E-state index contributed by atoms with van der Waals surface area (Å²) in [5.41, 5.74) is 5.53. The number of hydrogen-bond donors (Lipinski definition) is 3. The van der Waals surface area contributed by atoms with Crippen LogP contribution in [0.15, 0.2) is 30.5 Å². The molecule has 3 N–H and O–H groups in total. The number of para-hydroxylation sites is 1. The fraction of sp³-hybridized carbons (Fsp3) is 0.316. The Labute approximate surface area is 141 Å². The number of aromatic hydroxyl groups is 1. The summed E-state index contributed by atoms with van der Waals surface area (Å²) < 4.78 is 0. The van der Waals surface area contributed by atoms with Gasteiger partial charge in [0.1, 0.15) is 5.75 Å². The first kappa shape index (κ1) is 16.5. The van der Waals surface area contributed by atoms with Crippen LogP contribution in [0.3, 0.4) is 0 Å². The highest BCUT2D eigenvalue weighted by Crippen LogP contribution is 2.27. The van der Waals surface area contributed by atoms with Crippen LogP contribution in [0, 0.1) is 13.8 Å². The van der Waals surface area contributed by atoms with Crippen molar-refractivity contribution in [2.24, 2.45) is 0 Å². The number of aliphatic hydroxyl groups is 1. The van der Waals surface area contributed by atoms with Crippen molar-refractivity contribution in [3.63, 3.8) is 0 Å². The Balaban J connectivity index is 1.84. The molecular formula is C19H23N3O2. The Morgan fingerprint density at radius 1 is 1.17 bits per heavy atom. The van der Waals surface area contributed by atoms with Crippen LogP contribution in [0.25, 0.3) is 10.9 Å². The highest BCUT2D eigenvalue weighted by atomic mass is 16.3. The highest BCUT2D eigenvalue weighted by molar-refractivity contribution is 5.84. The quantitative estimate of drug-likeness (QED) is 0.674. The molecule has 0 radical (unpaired) electrons. The molecule has 0 aliphatic carbocycles. The van der Waals surface area contributed by atoms with Crippen LogP contribution in [0.2, 0.25) is 0 Å². The molecule has 2 heterocycles. The average Bonchev–Trinajstić information content (AvgIpc) is 2.88. The van der Waals surface area contributed by atoms with E-state index in [2.05, 4.69) is 33.9 Å². The summed E-state index contributed by atoms with van der Waals surface area (Å²) in [5, 5.41) is 21.0. The number of hydrogen-bond acceptors (Lipinski definition) is 4. The number of H-pyrrole nitrogens is 1. The summed E-state index contributed by atoms with van der Waals surface area (Å²) in [7, 11) is 2.00. The van der Waals surface area contributed by atoms with Gasteiger partial charge >= 0.3 is 0 Å². The summed E-state index contributed by atoms with van der Waals surface area (Å²) in [6, 6.07) is 8.26. The minimum absolute atomic E-state index is 0.130. The standard InChI is InChI=1S/C19H23N3O2/c1-12-15-6-4-5-7-17(15)21-18(12)10-22(3)9-16-14(11-23)8-20-13(2)19(16)24/h4-8,21,23-24H,9-11H2,1-3H3. The van der Waals surface area contributed by atoms with Crippen LogP contribution in [-0.2, 0) is 19.7 Å². The van der Waals surface area contributed by atoms with E-state index in [1.54, 1.807) is 13.1 Å². The van der Waals surface area contributed by atoms with Crippen molar-refractivity contribution in [1.82, 2.24) is 14.9 Å². The smallest absolute Gasteiger partial charge is 0.141 e. The largest absolute Gasteiger partial charge is 0.506 e. The van der Waals surface area contributed by atoms with Crippen molar-refractivity contribution in [2.75, 3.05) is 7.05 Å². The van der Waals surface area contributed by atoms with Crippen molar-refractivity contribution < 1.29 is 10.2 Å². The number of aliphatic hydroxyl groups excluding tert-OH is 1. The molecule has 5 heteroatoms. The van der Waals surface area contributed by atoms with E-state index >= 15 is 0 Å². The normalized spacial score (nSPS) is 11.5. The summed E-state index contributed by atoms with van der Waals surface area (Å²) in [6.45, 7) is 5.03. The van der Waals surface area contributed by atoms with E-state index in [4.69, 9.17) is 0 Å². The van der Waals surface area contributed by atoms with Crippen LogP contribution in [0.1, 0.15) is 28.1 Å². The molecule has 0 atom stereocenters. The number of aromatic amines is 1. The van der Waals surface area contributed by atoms with Gasteiger partial charge in [0, 0.05) is 47.0 Å². The maximum Gasteiger partial charge on any atom is 0.141 e. The maximum atomic E-state index is 10.3. The van der Waals surface area contributed by atoms with Crippen molar-refractivity contribution in [3.05, 3.63) is 58.5 Å². The molecule has 0 saturated carbocycles. The number of pyridine rings is 1. The number of nitrogens with one attached hydrogen (secondary N) is 1. The number of fused-ring (bicyclic) bond motifs is 1. The second-order valence-electron chi connectivity index (χ2n) is 6.30. The molecular weight excluding hydrogens is 302 g/mol. The van der Waals surface area contributed by atoms with Crippen LogP contribution >= 0.6 is 0 Å². The Bertz CT molecular complexity index is 870. The molecule has 3 rings (SSSR count). The van der Waals surface area contributed by atoms with Gasteiger partial charge in [-0.05, 0) is 32.5 Å². The van der Waals surface area contributed by atoms with Gasteiger partial charge in [-0.15, -0.1) is 0 Å². The molecule has 126 valence electrons. The zero-order chi connectivity index (χ0) is 17.3. The molecule has 0 spiro atoms. The minimum atomic E-state index is -0.130. The lowest BCUT2D eigenvalue weighted by molar-refractivity contribution is 0.269. The summed E-state index contributed by atoms with van der Waals surface area (Å²) >= 11 is 0. The fourth-order valence-electron chi connectivity index (χ4n) is 3.09. The van der Waals surface area contributed by atoms with E-state index in [1.165, 1.54) is 10.9 Å². The Morgan fingerprint density at radius 2 is 1.92 bits per heavy atom. The third-order valence-electron chi connectivity index (χ3n) is 4.53. The topological polar surface area (TPSA) is 72.4 Å². The molecule has 2 aromatic heterocycles. The van der Waals surface area contributed by atoms with Crippen LogP contribution in [0.4, 0.5) is 0 Å². The molecule has 0 fully saturated rings. The molecule has 0 amide bonds. The van der Waals surface area contributed by atoms with E-state index in [0.717, 1.165) is 23.3 Å². The summed E-state index contributed by atoms with van der Waals surface area (Å²) in [5.74, 6) is 0.168. The van der Waals surface area contributed by atoms with Crippen LogP contribution in [0.5, 0.6) is 5.75 Å². The molecule has 5 nitrogen and oxygen atoms in total. The van der Waals surface area contributed by atoms with Gasteiger partial charge in [0.25, 0.3) is 0 Å². The van der Waals surface area contributed by atoms with Crippen molar-refractivity contribution in [3.8, 4) is 5.75 Å². The molecule has 0 saturated heterocycles. The predicted molar refractivity (Wildman–Crippen MR) is 94.8 cm³/mol. The molecule has 0 aliphatic heterocycles. The zero-order valence-electron chi connectivity index (χ0n) is 14.3. The molecule has 24 heavy (non-hydrogen) atoms. The van der Waals surface area contributed by atoms with Gasteiger partial charge in [0.05, 0.1) is 12.3 Å². The summed E-state index contributed by atoms with van der Waals surface area (Å²) in [6.07, 6.45) is 1.63. The number of nitrogens with zero attached hydrogens (tertiary/aromatic N) is 2. The zero-order valence-corrected chi connectivity index (χ0v) is 14.3. The second kappa shape index (κ2) is 6.63. The molecule has 0 unspecified atom stereocenters. The van der Waals surface area contributed by atoms with E-state index in [-0.39, 0.29) is 12.4 Å². The number of rotatable bonds is 5. The van der Waals surface area contributed by atoms with Crippen molar-refractivity contribution >= 4 is 10.9 Å². The molecule has 1 aromatic carbocycles. The van der Waals surface area contributed by atoms with E-state index < -0.39 is 0 Å². The highest BCUT2D eigenvalue weighted by Gasteiger charge is 2.15. The van der Waals surface area contributed by atoms with Crippen LogP contribution in [-0.4, -0.2) is 32.1 Å². The fourth-order valence-corrected chi connectivity index (χ4v) is 3.09. The Hall–Kier alpha value is -2.37. The lowest BCUT2D eigenvalue weighted by Gasteiger charge is -2.19. The van der Waals surface area contributed by atoms with Gasteiger partial charge in [-0.1, -0.05) is 18.2 Å². The van der Waals surface area contributed by atoms with Gasteiger partial charge in [0.15, 0.2) is 0 Å². The lowest BCUT2D eigenvalue weighted by Crippen LogP contribution is -2.19. The monoisotopic (exact) mass is 325 g/mol. The van der Waals surface area contributed by atoms with Gasteiger partial charge in [-0.2, -0.15) is 0 Å². The molecule has 0 bridgehead atoms. The number of aryl methyl sites for hydroxylation is 2.